The number of ether oxygens (including phenoxy) is 2. The second kappa shape index (κ2) is 8.31. The van der Waals surface area contributed by atoms with Gasteiger partial charge < -0.3 is 19.4 Å². The van der Waals surface area contributed by atoms with Crippen LogP contribution in [0.1, 0.15) is 15.9 Å². The fourth-order valence-corrected chi connectivity index (χ4v) is 2.35. The van der Waals surface area contributed by atoms with Gasteiger partial charge in [-0.2, -0.15) is 0 Å². The van der Waals surface area contributed by atoms with Gasteiger partial charge >= 0.3 is 0 Å². The number of rotatable bonds is 7. The Kier molecular flexibility index (Phi) is 6.14. The molecule has 0 radical (unpaired) electrons. The average Bonchev–Trinajstić information content (AvgIpc) is 2.58. The number of benzene rings is 2. The maximum Gasteiger partial charge on any atom is 0.185 e. The van der Waals surface area contributed by atoms with Gasteiger partial charge in [0.1, 0.15) is 6.61 Å². The minimum atomic E-state index is -1.32. The van der Waals surface area contributed by atoms with Crippen molar-refractivity contribution in [3.05, 3.63) is 64.1 Å². The van der Waals surface area contributed by atoms with Crippen molar-refractivity contribution in [1.82, 2.24) is 0 Å². The van der Waals surface area contributed by atoms with Crippen molar-refractivity contribution in [1.29, 1.82) is 0 Å². The van der Waals surface area contributed by atoms with Crippen molar-refractivity contribution < 1.29 is 24.2 Å². The van der Waals surface area contributed by atoms with Gasteiger partial charge in [0, 0.05) is 10.0 Å². The van der Waals surface area contributed by atoms with Crippen LogP contribution in [-0.2, 0) is 4.79 Å². The van der Waals surface area contributed by atoms with Gasteiger partial charge in [0.2, 0.25) is 0 Å². The molecular formula is C18H14BrO5-. The molecule has 5 nitrogen and oxygen atoms in total. The Balaban J connectivity index is 2.14. The molecule has 0 aromatic heterocycles. The molecular weight excluding hydrogens is 376 g/mol. The van der Waals surface area contributed by atoms with Crippen molar-refractivity contribution in [2.24, 2.45) is 0 Å². The van der Waals surface area contributed by atoms with Crippen LogP contribution in [0.2, 0.25) is 0 Å². The Hall–Kier alpha value is -2.60. The number of allylic oxidation sites excluding steroid dienone is 1. The van der Waals surface area contributed by atoms with Crippen LogP contribution in [0.3, 0.4) is 0 Å². The lowest BCUT2D eigenvalue weighted by Crippen LogP contribution is -2.29. The van der Waals surface area contributed by atoms with E-state index < -0.39 is 12.6 Å². The summed E-state index contributed by atoms with van der Waals surface area (Å²) in [5.41, 5.74) is 1.29. The van der Waals surface area contributed by atoms with E-state index in [9.17, 15) is 14.7 Å². The number of halogens is 1. The first-order valence-corrected chi connectivity index (χ1v) is 7.77. The first-order chi connectivity index (χ1) is 11.5. The van der Waals surface area contributed by atoms with Crippen LogP contribution in [0.15, 0.2) is 53.0 Å². The first-order valence-electron chi connectivity index (χ1n) is 6.98. The Morgan fingerprint density at radius 1 is 1.17 bits per heavy atom. The molecule has 0 saturated carbocycles. The number of carboxylic acids is 1. The molecule has 0 spiro atoms. The molecule has 24 heavy (non-hydrogen) atoms. The molecule has 6 heteroatoms. The van der Waals surface area contributed by atoms with E-state index in [0.29, 0.717) is 11.3 Å². The molecule has 0 aliphatic rings. The van der Waals surface area contributed by atoms with E-state index >= 15 is 0 Å². The predicted octanol–water partition coefficient (Wildman–Crippen LogP) is 2.48. The number of carboxylic acid groups (broad SMARTS) is 1. The van der Waals surface area contributed by atoms with Gasteiger partial charge in [-0.1, -0.05) is 40.2 Å². The number of carbonyl (C=O) groups excluding carboxylic acids is 2. The van der Waals surface area contributed by atoms with Gasteiger partial charge in [-0.15, -0.1) is 0 Å². The van der Waals surface area contributed by atoms with Gasteiger partial charge in [0.25, 0.3) is 0 Å². The normalized spacial score (nSPS) is 10.6. The standard InChI is InChI=1S/C18H15BrO5/c1-23-17-9-12(6-8-16(17)24-11-18(21)22)5-7-15(20)13-3-2-4-14(19)10-13/h2-10H,11H2,1H3,(H,21,22)/p-1/b7-5+. The Morgan fingerprint density at radius 2 is 1.96 bits per heavy atom. The maximum atomic E-state index is 12.1. The summed E-state index contributed by atoms with van der Waals surface area (Å²) in [6.45, 7) is -0.563. The monoisotopic (exact) mass is 389 g/mol. The summed E-state index contributed by atoms with van der Waals surface area (Å²) in [6, 6.07) is 12.0. The van der Waals surface area contributed by atoms with Crippen LogP contribution in [-0.4, -0.2) is 25.5 Å². The molecule has 0 fully saturated rings. The van der Waals surface area contributed by atoms with Crippen LogP contribution in [0.5, 0.6) is 11.5 Å². The Morgan fingerprint density at radius 3 is 2.62 bits per heavy atom. The summed E-state index contributed by atoms with van der Waals surface area (Å²) >= 11 is 3.33. The topological polar surface area (TPSA) is 75.7 Å². The van der Waals surface area contributed by atoms with E-state index in [1.807, 2.05) is 6.07 Å². The summed E-state index contributed by atoms with van der Waals surface area (Å²) < 4.78 is 11.1. The number of methoxy groups -OCH3 is 1. The highest BCUT2D eigenvalue weighted by molar-refractivity contribution is 9.10. The average molecular weight is 390 g/mol. The van der Waals surface area contributed by atoms with E-state index in [4.69, 9.17) is 9.47 Å². The molecule has 2 aromatic rings. The Labute approximate surface area is 147 Å². The van der Waals surface area contributed by atoms with Crippen LogP contribution in [0.4, 0.5) is 0 Å². The third-order valence-electron chi connectivity index (χ3n) is 3.07. The number of ketones is 1. The fourth-order valence-electron chi connectivity index (χ4n) is 1.95. The molecule has 0 bridgehead atoms. The zero-order valence-corrected chi connectivity index (χ0v) is 14.4. The van der Waals surface area contributed by atoms with Gasteiger partial charge in [-0.05, 0) is 35.9 Å². The molecule has 0 unspecified atom stereocenters. The van der Waals surface area contributed by atoms with Crippen molar-refractivity contribution in [3.63, 3.8) is 0 Å². The maximum absolute atomic E-state index is 12.1. The van der Waals surface area contributed by atoms with E-state index in [2.05, 4.69) is 15.9 Å². The highest BCUT2D eigenvalue weighted by atomic mass is 79.9. The minimum Gasteiger partial charge on any atom is -0.546 e. The van der Waals surface area contributed by atoms with Crippen molar-refractivity contribution in [2.45, 2.75) is 0 Å². The van der Waals surface area contributed by atoms with Crippen molar-refractivity contribution in [2.75, 3.05) is 13.7 Å². The summed E-state index contributed by atoms with van der Waals surface area (Å²) in [5.74, 6) is -0.793. The highest BCUT2D eigenvalue weighted by Crippen LogP contribution is 2.28. The molecule has 0 aliphatic carbocycles. The smallest absolute Gasteiger partial charge is 0.185 e. The molecule has 0 saturated heterocycles. The molecule has 2 rings (SSSR count). The van der Waals surface area contributed by atoms with Crippen LogP contribution in [0.25, 0.3) is 6.08 Å². The summed E-state index contributed by atoms with van der Waals surface area (Å²) in [7, 11) is 1.45. The van der Waals surface area contributed by atoms with Crippen LogP contribution >= 0.6 is 15.9 Å². The number of hydrogen-bond donors (Lipinski definition) is 0. The third kappa shape index (κ3) is 4.96. The minimum absolute atomic E-state index is 0.132. The summed E-state index contributed by atoms with van der Waals surface area (Å²) in [5, 5.41) is 10.4. The van der Waals surface area contributed by atoms with E-state index in [1.165, 1.54) is 13.2 Å². The highest BCUT2D eigenvalue weighted by Gasteiger charge is 2.06. The van der Waals surface area contributed by atoms with E-state index in [0.717, 1.165) is 10.0 Å². The molecule has 124 valence electrons. The zero-order chi connectivity index (χ0) is 17.5. The fraction of sp³-hybridized carbons (Fsp3) is 0.111. The van der Waals surface area contributed by atoms with Crippen molar-refractivity contribution in [3.8, 4) is 11.5 Å². The largest absolute Gasteiger partial charge is 0.546 e. The van der Waals surface area contributed by atoms with Crippen molar-refractivity contribution >= 4 is 33.8 Å². The summed E-state index contributed by atoms with van der Waals surface area (Å²) in [6.07, 6.45) is 3.10. The van der Waals surface area contributed by atoms with Gasteiger partial charge in [0.05, 0.1) is 13.1 Å². The van der Waals surface area contributed by atoms with Gasteiger partial charge in [0.15, 0.2) is 17.3 Å². The second-order valence-electron chi connectivity index (χ2n) is 4.78. The van der Waals surface area contributed by atoms with Gasteiger partial charge in [-0.3, -0.25) is 4.79 Å². The van der Waals surface area contributed by atoms with Crippen LogP contribution in [0, 0.1) is 0 Å². The molecule has 0 heterocycles. The van der Waals surface area contributed by atoms with E-state index in [1.54, 1.807) is 42.5 Å². The number of aliphatic carboxylic acids is 1. The first kappa shape index (κ1) is 17.7. The quantitative estimate of drug-likeness (QED) is 0.537. The lowest BCUT2D eigenvalue weighted by molar-refractivity contribution is -0.307. The zero-order valence-electron chi connectivity index (χ0n) is 12.8. The molecule has 2 aromatic carbocycles. The lowest BCUT2D eigenvalue weighted by Gasteiger charge is -2.11. The lowest BCUT2D eigenvalue weighted by atomic mass is 10.1. The summed E-state index contributed by atoms with van der Waals surface area (Å²) in [4.78, 5) is 22.6. The molecule has 0 aliphatic heterocycles. The number of hydrogen-bond acceptors (Lipinski definition) is 5. The second-order valence-corrected chi connectivity index (χ2v) is 5.69. The molecule has 0 atom stereocenters. The molecule has 0 N–H and O–H groups in total. The Bertz CT molecular complexity index is 783. The SMILES string of the molecule is COc1cc(/C=C/C(=O)c2cccc(Br)c2)ccc1OCC(=O)[O-]. The van der Waals surface area contributed by atoms with E-state index in [-0.39, 0.29) is 11.5 Å². The van der Waals surface area contributed by atoms with Crippen LogP contribution < -0.4 is 14.6 Å². The third-order valence-corrected chi connectivity index (χ3v) is 3.56. The number of carbonyl (C=O) groups is 2. The predicted molar refractivity (Wildman–Crippen MR) is 91.0 cm³/mol. The molecule has 0 amide bonds. The van der Waals surface area contributed by atoms with Gasteiger partial charge in [-0.25, -0.2) is 0 Å².